The summed E-state index contributed by atoms with van der Waals surface area (Å²) in [7, 11) is 0.614. The van der Waals surface area contributed by atoms with Crippen molar-refractivity contribution >= 4 is 24.6 Å². The smallest absolute Gasteiger partial charge is 0.213 e. The Hall–Kier alpha value is -3.37. The predicted molar refractivity (Wildman–Crippen MR) is 182 cm³/mol. The minimum atomic E-state index is -1.55. The lowest BCUT2D eigenvalue weighted by Gasteiger charge is -2.34. The maximum Gasteiger partial charge on any atom is 0.213 e. The number of nitrogens with one attached hydrogen (secondary N) is 1. The van der Waals surface area contributed by atoms with Gasteiger partial charge in [-0.2, -0.15) is 4.57 Å². The van der Waals surface area contributed by atoms with Gasteiger partial charge in [-0.3, -0.25) is 0 Å². The number of pyridine rings is 1. The molecule has 4 rings (SSSR count). The predicted octanol–water partition coefficient (Wildman–Crippen LogP) is 8.91. The summed E-state index contributed by atoms with van der Waals surface area (Å²) in [5, 5.41) is 5.16. The van der Waals surface area contributed by atoms with Crippen molar-refractivity contribution in [3.63, 3.8) is 0 Å². The molecule has 0 amide bonds. The van der Waals surface area contributed by atoms with Crippen molar-refractivity contribution in [2.24, 2.45) is 0 Å². The molecule has 2 aromatic carbocycles. The van der Waals surface area contributed by atoms with E-state index in [0.717, 1.165) is 36.3 Å². The van der Waals surface area contributed by atoms with Crippen molar-refractivity contribution in [3.8, 4) is 11.3 Å². The zero-order valence-electron chi connectivity index (χ0n) is 26.6. The highest BCUT2D eigenvalue weighted by molar-refractivity contribution is 6.88. The standard InChI is InChI=1S/C37H50N3Si/c1-11-16-27(4)21-22-32-30-17-12-13-18-31(30)35-23-28(5)37(41(8,9)10)25-40(35)36(32)24-29(6)39(7)34-20-15-14-19-33(34)38-26(2)3/h11-20,23,25-26,32,36,38H,4,6,21-22,24H2,1-3,5,7-10H3/q+1/b16-11-. The van der Waals surface area contributed by atoms with Crippen LogP contribution >= 0.6 is 0 Å². The van der Waals surface area contributed by atoms with Gasteiger partial charge in [-0.05, 0) is 69.9 Å². The monoisotopic (exact) mass is 564 g/mol. The Morgan fingerprint density at radius 1 is 1.07 bits per heavy atom. The fourth-order valence-electron chi connectivity index (χ4n) is 6.40. The van der Waals surface area contributed by atoms with Gasteiger partial charge in [0.1, 0.15) is 0 Å². The molecule has 2 heterocycles. The summed E-state index contributed by atoms with van der Waals surface area (Å²) in [6, 6.07) is 20.7. The van der Waals surface area contributed by atoms with Gasteiger partial charge >= 0.3 is 0 Å². The van der Waals surface area contributed by atoms with E-state index in [9.17, 15) is 0 Å². The van der Waals surface area contributed by atoms with Crippen LogP contribution in [0.1, 0.15) is 63.1 Å². The number of anilines is 2. The molecule has 1 N–H and O–H groups in total. The van der Waals surface area contributed by atoms with Crippen molar-refractivity contribution < 1.29 is 4.57 Å². The van der Waals surface area contributed by atoms with Crippen LogP contribution in [0.15, 0.2) is 97.4 Å². The van der Waals surface area contributed by atoms with Gasteiger partial charge in [-0.25, -0.2) is 0 Å². The molecule has 0 bridgehead atoms. The largest absolute Gasteiger partial charge is 0.381 e. The third-order valence-corrected chi connectivity index (χ3v) is 10.5. The van der Waals surface area contributed by atoms with Gasteiger partial charge in [0.25, 0.3) is 0 Å². The van der Waals surface area contributed by atoms with Crippen molar-refractivity contribution in [3.05, 3.63) is 109 Å². The van der Waals surface area contributed by atoms with E-state index in [1.807, 2.05) is 0 Å². The second kappa shape index (κ2) is 12.6. The molecule has 1 aliphatic heterocycles. The minimum absolute atomic E-state index is 0.258. The molecule has 0 fully saturated rings. The Kier molecular flexibility index (Phi) is 9.43. The maximum absolute atomic E-state index is 4.69. The molecular weight excluding hydrogens is 515 g/mol. The van der Waals surface area contributed by atoms with Gasteiger partial charge in [0, 0.05) is 41.5 Å². The van der Waals surface area contributed by atoms with Crippen LogP contribution in [-0.4, -0.2) is 21.2 Å². The molecule has 0 spiro atoms. The number of aromatic nitrogens is 1. The van der Waals surface area contributed by atoms with Crippen LogP contribution in [0.5, 0.6) is 0 Å². The quantitative estimate of drug-likeness (QED) is 0.142. The van der Waals surface area contributed by atoms with Crippen LogP contribution in [-0.2, 0) is 0 Å². The number of benzene rings is 2. The molecule has 0 saturated carbocycles. The normalized spacial score (nSPS) is 16.4. The second-order valence-electron chi connectivity index (χ2n) is 13.0. The number of fused-ring (bicyclic) bond motifs is 3. The van der Waals surface area contributed by atoms with Crippen LogP contribution in [0.4, 0.5) is 11.4 Å². The summed E-state index contributed by atoms with van der Waals surface area (Å²) in [5.41, 5.74) is 10.2. The first kappa shape index (κ1) is 30.6. The van der Waals surface area contributed by atoms with Crippen LogP contribution in [0.25, 0.3) is 11.3 Å². The Morgan fingerprint density at radius 3 is 2.44 bits per heavy atom. The van der Waals surface area contributed by atoms with E-state index in [4.69, 9.17) is 0 Å². The van der Waals surface area contributed by atoms with E-state index >= 15 is 0 Å². The topological polar surface area (TPSA) is 19.1 Å². The molecule has 0 radical (unpaired) electrons. The second-order valence-corrected chi connectivity index (χ2v) is 18.1. The van der Waals surface area contributed by atoms with Crippen LogP contribution in [0, 0.1) is 6.92 Å². The number of para-hydroxylation sites is 2. The summed E-state index contributed by atoms with van der Waals surface area (Å²) >= 11 is 0. The summed E-state index contributed by atoms with van der Waals surface area (Å²) in [6.07, 6.45) is 9.66. The van der Waals surface area contributed by atoms with Crippen LogP contribution in [0.3, 0.4) is 0 Å². The van der Waals surface area contributed by atoms with E-state index in [2.05, 4.69) is 155 Å². The highest BCUT2D eigenvalue weighted by Crippen LogP contribution is 2.44. The lowest BCUT2D eigenvalue weighted by atomic mass is 9.78. The molecule has 2 atom stereocenters. The lowest BCUT2D eigenvalue weighted by molar-refractivity contribution is -0.717. The molecule has 1 aromatic heterocycles. The highest BCUT2D eigenvalue weighted by Gasteiger charge is 2.41. The molecule has 4 heteroatoms. The fourth-order valence-corrected chi connectivity index (χ4v) is 8.18. The van der Waals surface area contributed by atoms with Crippen LogP contribution < -0.4 is 20.0 Å². The van der Waals surface area contributed by atoms with Crippen molar-refractivity contribution in [2.45, 2.75) is 84.6 Å². The number of aryl methyl sites for hydroxylation is 1. The van der Waals surface area contributed by atoms with Gasteiger partial charge in [0.15, 0.2) is 12.2 Å². The number of hydrogen-bond acceptors (Lipinski definition) is 2. The van der Waals surface area contributed by atoms with Crippen molar-refractivity contribution in [2.75, 3.05) is 17.3 Å². The first-order valence-electron chi connectivity index (χ1n) is 15.2. The van der Waals surface area contributed by atoms with Gasteiger partial charge in [-0.15, -0.1) is 0 Å². The molecule has 216 valence electrons. The molecule has 0 aliphatic carbocycles. The van der Waals surface area contributed by atoms with E-state index in [1.54, 1.807) is 0 Å². The molecule has 3 aromatic rings. The molecule has 0 saturated heterocycles. The van der Waals surface area contributed by atoms with Gasteiger partial charge in [-0.1, -0.05) is 80.9 Å². The summed E-state index contributed by atoms with van der Waals surface area (Å²) < 4.78 is 2.61. The van der Waals surface area contributed by atoms with Crippen molar-refractivity contribution in [1.82, 2.24) is 0 Å². The Balaban J connectivity index is 1.81. The summed E-state index contributed by atoms with van der Waals surface area (Å²) in [6.45, 7) is 25.1. The third-order valence-electron chi connectivity index (χ3n) is 8.40. The van der Waals surface area contributed by atoms with E-state index in [0.29, 0.717) is 12.0 Å². The van der Waals surface area contributed by atoms with Crippen LogP contribution in [0.2, 0.25) is 19.6 Å². The van der Waals surface area contributed by atoms with E-state index in [-0.39, 0.29) is 6.04 Å². The molecule has 41 heavy (non-hydrogen) atoms. The van der Waals surface area contributed by atoms with Gasteiger partial charge < -0.3 is 10.2 Å². The third kappa shape index (κ3) is 6.76. The molecular formula is C37H50N3Si+. The fraction of sp³-hybridized carbons (Fsp3) is 0.378. The minimum Gasteiger partial charge on any atom is -0.381 e. The summed E-state index contributed by atoms with van der Waals surface area (Å²) in [5.74, 6) is 0.358. The SMILES string of the molecule is C=C(/C=C\C)CCC1c2ccccc2-c2cc(C)c([Si](C)(C)C)c[n+]2C1CC(=C)N(C)c1ccccc1NC(C)C. The Bertz CT molecular complexity index is 1440. The molecule has 3 nitrogen and oxygen atoms in total. The lowest BCUT2D eigenvalue weighted by Crippen LogP contribution is -2.53. The molecule has 2 unspecified atom stereocenters. The van der Waals surface area contributed by atoms with Gasteiger partial charge in [0.05, 0.1) is 25.9 Å². The van der Waals surface area contributed by atoms with Gasteiger partial charge in [0.2, 0.25) is 5.69 Å². The van der Waals surface area contributed by atoms with E-state index in [1.165, 1.54) is 33.1 Å². The highest BCUT2D eigenvalue weighted by atomic mass is 28.3. The average molecular weight is 565 g/mol. The number of nitrogens with zero attached hydrogens (tertiary/aromatic N) is 2. The Labute approximate surface area is 250 Å². The summed E-state index contributed by atoms with van der Waals surface area (Å²) in [4.78, 5) is 2.29. The molecule has 1 aliphatic rings. The maximum atomic E-state index is 4.69. The zero-order valence-corrected chi connectivity index (χ0v) is 27.6. The first-order chi connectivity index (χ1) is 19.4. The van der Waals surface area contributed by atoms with Crippen molar-refractivity contribution in [1.29, 1.82) is 0 Å². The number of allylic oxidation sites excluding steroid dienone is 4. The number of hydrogen-bond donors (Lipinski definition) is 1. The Morgan fingerprint density at radius 2 is 1.76 bits per heavy atom. The number of rotatable bonds is 11. The average Bonchev–Trinajstić information content (AvgIpc) is 2.91. The zero-order chi connectivity index (χ0) is 29.9. The first-order valence-corrected chi connectivity index (χ1v) is 18.7. The van der Waals surface area contributed by atoms with E-state index < -0.39 is 8.07 Å².